The first-order valence-electron chi connectivity index (χ1n) is 12.7. The summed E-state index contributed by atoms with van der Waals surface area (Å²) in [4.78, 5) is 38.1. The lowest BCUT2D eigenvalue weighted by Gasteiger charge is -2.17. The van der Waals surface area contributed by atoms with Crippen LogP contribution in [0.2, 0.25) is 0 Å². The fourth-order valence-electron chi connectivity index (χ4n) is 4.49. The first-order valence-corrected chi connectivity index (χ1v) is 12.7. The van der Waals surface area contributed by atoms with Crippen LogP contribution in [0.15, 0.2) is 83.7 Å². The molecule has 0 bridgehead atoms. The molecule has 0 spiro atoms. The molecule has 1 amide bonds. The van der Waals surface area contributed by atoms with Crippen LogP contribution in [-0.2, 0) is 22.5 Å². The molecule has 3 aromatic carbocycles. The third kappa shape index (κ3) is 6.54. The standard InChI is InChI=1S/C31H31FN2O4/c1-21(23-12-15-26(32)16-13-23)33-30(36)24-14-17-28-25(18-24)19-27(10-6-7-11-29(35)38-2)34(31(28)37)20-22-8-4-3-5-9-22/h3-5,8-9,12-19,21H,6-7,10-11,20H2,1-2H3,(H,33,36)/t21-/m1/s1. The van der Waals surface area contributed by atoms with E-state index in [1.165, 1.54) is 19.2 Å². The summed E-state index contributed by atoms with van der Waals surface area (Å²) in [7, 11) is 1.37. The van der Waals surface area contributed by atoms with E-state index in [4.69, 9.17) is 4.74 Å². The largest absolute Gasteiger partial charge is 0.469 e. The first kappa shape index (κ1) is 26.8. The van der Waals surface area contributed by atoms with Crippen molar-refractivity contribution in [3.63, 3.8) is 0 Å². The first-order chi connectivity index (χ1) is 18.4. The molecule has 0 saturated carbocycles. The Kier molecular flexibility index (Phi) is 8.69. The number of halogens is 1. The molecule has 7 heteroatoms. The molecule has 4 aromatic rings. The van der Waals surface area contributed by atoms with Crippen LogP contribution in [0.1, 0.15) is 59.4 Å². The molecule has 196 valence electrons. The second-order valence-corrected chi connectivity index (χ2v) is 9.34. The monoisotopic (exact) mass is 514 g/mol. The molecule has 0 unspecified atom stereocenters. The summed E-state index contributed by atoms with van der Waals surface area (Å²) in [6, 6.07) is 22.5. The number of unbranched alkanes of at least 4 members (excludes halogenated alkanes) is 1. The van der Waals surface area contributed by atoms with E-state index in [0.29, 0.717) is 48.6 Å². The van der Waals surface area contributed by atoms with Gasteiger partial charge in [-0.1, -0.05) is 42.5 Å². The van der Waals surface area contributed by atoms with Crippen molar-refractivity contribution >= 4 is 22.6 Å². The van der Waals surface area contributed by atoms with E-state index in [9.17, 15) is 18.8 Å². The zero-order valence-electron chi connectivity index (χ0n) is 21.6. The minimum Gasteiger partial charge on any atom is -0.469 e. The van der Waals surface area contributed by atoms with Crippen LogP contribution < -0.4 is 10.9 Å². The van der Waals surface area contributed by atoms with E-state index in [2.05, 4.69) is 5.32 Å². The van der Waals surface area contributed by atoms with E-state index < -0.39 is 0 Å². The smallest absolute Gasteiger partial charge is 0.305 e. The molecule has 0 radical (unpaired) electrons. The number of nitrogens with one attached hydrogen (secondary N) is 1. The van der Waals surface area contributed by atoms with Crippen LogP contribution in [0.4, 0.5) is 4.39 Å². The molecule has 38 heavy (non-hydrogen) atoms. The minimum atomic E-state index is -0.333. The van der Waals surface area contributed by atoms with Gasteiger partial charge in [0.1, 0.15) is 5.82 Å². The highest BCUT2D eigenvalue weighted by atomic mass is 19.1. The summed E-state index contributed by atoms with van der Waals surface area (Å²) in [5.41, 5.74) is 2.95. The molecule has 0 aliphatic heterocycles. The van der Waals surface area contributed by atoms with Gasteiger partial charge in [-0.2, -0.15) is 0 Å². The molecule has 0 aliphatic rings. The lowest BCUT2D eigenvalue weighted by molar-refractivity contribution is -0.140. The third-order valence-electron chi connectivity index (χ3n) is 6.65. The Labute approximate surface area is 221 Å². The molecule has 1 N–H and O–H groups in total. The van der Waals surface area contributed by atoms with Crippen molar-refractivity contribution in [3.8, 4) is 0 Å². The number of ether oxygens (including phenoxy) is 1. The maximum absolute atomic E-state index is 13.6. The SMILES string of the molecule is COC(=O)CCCCc1cc2cc(C(=O)N[C@H](C)c3ccc(F)cc3)ccc2c(=O)n1Cc1ccccc1. The summed E-state index contributed by atoms with van der Waals surface area (Å²) in [5.74, 6) is -0.867. The lowest BCUT2D eigenvalue weighted by atomic mass is 10.0. The summed E-state index contributed by atoms with van der Waals surface area (Å²) in [5, 5.41) is 4.15. The number of esters is 1. The lowest BCUT2D eigenvalue weighted by Crippen LogP contribution is -2.27. The predicted molar refractivity (Wildman–Crippen MR) is 146 cm³/mol. The van der Waals surface area contributed by atoms with Gasteiger partial charge in [0.05, 0.1) is 19.7 Å². The van der Waals surface area contributed by atoms with Crippen molar-refractivity contribution < 1.29 is 18.7 Å². The molecule has 1 atom stereocenters. The van der Waals surface area contributed by atoms with Crippen molar-refractivity contribution in [3.05, 3.63) is 117 Å². The van der Waals surface area contributed by atoms with Gasteiger partial charge in [-0.3, -0.25) is 14.4 Å². The van der Waals surface area contributed by atoms with Crippen LogP contribution in [0, 0.1) is 5.82 Å². The fourth-order valence-corrected chi connectivity index (χ4v) is 4.49. The van der Waals surface area contributed by atoms with Crippen LogP contribution in [0.5, 0.6) is 0 Å². The number of hydrogen-bond acceptors (Lipinski definition) is 4. The average Bonchev–Trinajstić information content (AvgIpc) is 2.93. The Morgan fingerprint density at radius 1 is 0.974 bits per heavy atom. The molecule has 0 aliphatic carbocycles. The molecule has 0 saturated heterocycles. The zero-order chi connectivity index (χ0) is 27.1. The molecule has 4 rings (SSSR count). The van der Waals surface area contributed by atoms with Gasteiger partial charge in [0.15, 0.2) is 0 Å². The molecular weight excluding hydrogens is 483 g/mol. The fraction of sp³-hybridized carbons (Fsp3) is 0.258. The van der Waals surface area contributed by atoms with E-state index in [1.54, 1.807) is 34.9 Å². The third-order valence-corrected chi connectivity index (χ3v) is 6.65. The highest BCUT2D eigenvalue weighted by Gasteiger charge is 2.15. The highest BCUT2D eigenvalue weighted by Crippen LogP contribution is 2.20. The second kappa shape index (κ2) is 12.3. The van der Waals surface area contributed by atoms with Crippen LogP contribution in [0.3, 0.4) is 0 Å². The van der Waals surface area contributed by atoms with Gasteiger partial charge in [-0.15, -0.1) is 0 Å². The Bertz CT molecular complexity index is 1480. The quantitative estimate of drug-likeness (QED) is 0.222. The normalized spacial score (nSPS) is 11.8. The number of amides is 1. The minimum absolute atomic E-state index is 0.124. The summed E-state index contributed by atoms with van der Waals surface area (Å²) in [6.07, 6.45) is 2.29. The van der Waals surface area contributed by atoms with Gasteiger partial charge in [0.25, 0.3) is 11.5 Å². The predicted octanol–water partition coefficient (Wildman–Crippen LogP) is 5.57. The average molecular weight is 515 g/mol. The Morgan fingerprint density at radius 2 is 1.71 bits per heavy atom. The number of hydrogen-bond donors (Lipinski definition) is 1. The Hall–Kier alpha value is -4.26. The van der Waals surface area contributed by atoms with Gasteiger partial charge in [0.2, 0.25) is 0 Å². The van der Waals surface area contributed by atoms with E-state index in [-0.39, 0.29) is 29.3 Å². The number of carbonyl (C=O) groups excluding carboxylic acids is 2. The van der Waals surface area contributed by atoms with Crippen molar-refractivity contribution in [2.45, 2.75) is 45.2 Å². The van der Waals surface area contributed by atoms with E-state index in [1.807, 2.05) is 43.3 Å². The number of aromatic nitrogens is 1. The number of nitrogens with zero attached hydrogens (tertiary/aromatic N) is 1. The van der Waals surface area contributed by atoms with E-state index in [0.717, 1.165) is 16.8 Å². The van der Waals surface area contributed by atoms with Gasteiger partial charge in [-0.25, -0.2) is 4.39 Å². The number of pyridine rings is 1. The van der Waals surface area contributed by atoms with Crippen LogP contribution >= 0.6 is 0 Å². The topological polar surface area (TPSA) is 77.4 Å². The Balaban J connectivity index is 1.62. The molecule has 6 nitrogen and oxygen atoms in total. The van der Waals surface area contributed by atoms with Crippen molar-refractivity contribution in [1.82, 2.24) is 9.88 Å². The van der Waals surface area contributed by atoms with Crippen molar-refractivity contribution in [2.75, 3.05) is 7.11 Å². The number of rotatable bonds is 10. The van der Waals surface area contributed by atoms with Gasteiger partial charge in [-0.05, 0) is 79.1 Å². The van der Waals surface area contributed by atoms with Crippen LogP contribution in [-0.4, -0.2) is 23.6 Å². The highest BCUT2D eigenvalue weighted by molar-refractivity contribution is 5.98. The summed E-state index contributed by atoms with van der Waals surface area (Å²) in [6.45, 7) is 2.26. The number of carbonyl (C=O) groups is 2. The molecule has 1 aromatic heterocycles. The van der Waals surface area contributed by atoms with E-state index >= 15 is 0 Å². The summed E-state index contributed by atoms with van der Waals surface area (Å²) < 4.78 is 19.8. The summed E-state index contributed by atoms with van der Waals surface area (Å²) >= 11 is 0. The second-order valence-electron chi connectivity index (χ2n) is 9.34. The van der Waals surface area contributed by atoms with Gasteiger partial charge < -0.3 is 14.6 Å². The molecular formula is C31H31FN2O4. The maximum Gasteiger partial charge on any atom is 0.305 e. The van der Waals surface area contributed by atoms with Crippen LogP contribution in [0.25, 0.3) is 10.8 Å². The number of fused-ring (bicyclic) bond motifs is 1. The van der Waals surface area contributed by atoms with Crippen molar-refractivity contribution in [2.24, 2.45) is 0 Å². The van der Waals surface area contributed by atoms with Gasteiger partial charge >= 0.3 is 5.97 Å². The van der Waals surface area contributed by atoms with Crippen molar-refractivity contribution in [1.29, 1.82) is 0 Å². The molecule has 1 heterocycles. The number of aryl methyl sites for hydroxylation is 1. The zero-order valence-corrected chi connectivity index (χ0v) is 21.6. The number of methoxy groups -OCH3 is 1. The maximum atomic E-state index is 13.6. The number of benzene rings is 3. The Morgan fingerprint density at radius 3 is 2.42 bits per heavy atom. The molecule has 0 fully saturated rings. The van der Waals surface area contributed by atoms with Gasteiger partial charge in [0, 0.05) is 23.1 Å².